The molecule has 1 aliphatic rings. The molecule has 0 aliphatic carbocycles. The van der Waals surface area contributed by atoms with Gasteiger partial charge in [0.25, 0.3) is 5.24 Å². The Labute approximate surface area is 148 Å². The van der Waals surface area contributed by atoms with Gasteiger partial charge in [0.1, 0.15) is 11.5 Å². The molecular formula is C18H16N2O4S. The van der Waals surface area contributed by atoms with Crippen molar-refractivity contribution in [2.75, 3.05) is 5.32 Å². The number of carbonyl (C=O) groups is 3. The molecule has 2 N–H and O–H groups in total. The van der Waals surface area contributed by atoms with Gasteiger partial charge in [-0.15, -0.1) is 0 Å². The zero-order valence-electron chi connectivity index (χ0n) is 13.4. The normalized spacial score (nSPS) is 16.4. The minimum absolute atomic E-state index is 0.138. The highest BCUT2D eigenvalue weighted by Crippen LogP contribution is 2.30. The summed E-state index contributed by atoms with van der Waals surface area (Å²) in [6.07, 6.45) is 0.405. The zero-order valence-corrected chi connectivity index (χ0v) is 14.3. The molecule has 0 spiro atoms. The SMILES string of the molecule is CC(=O)Nc1ccc(Oc2ccccc2CC2SC(=O)NC2=O)cc1. The lowest BCUT2D eigenvalue weighted by Gasteiger charge is -2.13. The van der Waals surface area contributed by atoms with Gasteiger partial charge < -0.3 is 10.1 Å². The summed E-state index contributed by atoms with van der Waals surface area (Å²) in [6, 6.07) is 14.4. The molecule has 0 aromatic heterocycles. The fourth-order valence-electron chi connectivity index (χ4n) is 2.44. The van der Waals surface area contributed by atoms with Crippen LogP contribution in [0.5, 0.6) is 11.5 Å². The lowest BCUT2D eigenvalue weighted by Crippen LogP contribution is -2.25. The van der Waals surface area contributed by atoms with Crippen molar-refractivity contribution in [3.05, 3.63) is 54.1 Å². The van der Waals surface area contributed by atoms with Crippen LogP contribution in [-0.2, 0) is 16.0 Å². The van der Waals surface area contributed by atoms with E-state index in [0.29, 0.717) is 23.6 Å². The molecule has 1 atom stereocenters. The molecular weight excluding hydrogens is 340 g/mol. The third-order valence-corrected chi connectivity index (χ3v) is 4.53. The molecule has 1 saturated heterocycles. The van der Waals surface area contributed by atoms with E-state index >= 15 is 0 Å². The molecule has 0 bridgehead atoms. The predicted octanol–water partition coefficient (Wildman–Crippen LogP) is 3.33. The number of para-hydroxylation sites is 1. The van der Waals surface area contributed by atoms with Crippen LogP contribution in [0.25, 0.3) is 0 Å². The van der Waals surface area contributed by atoms with Gasteiger partial charge in [0.05, 0.1) is 5.25 Å². The first-order valence-corrected chi connectivity index (χ1v) is 8.54. The van der Waals surface area contributed by atoms with Crippen LogP contribution in [0.3, 0.4) is 0 Å². The number of ether oxygens (including phenoxy) is 1. The van der Waals surface area contributed by atoms with Crippen LogP contribution in [0.2, 0.25) is 0 Å². The highest BCUT2D eigenvalue weighted by atomic mass is 32.2. The van der Waals surface area contributed by atoms with Gasteiger partial charge >= 0.3 is 0 Å². The second kappa shape index (κ2) is 7.40. The molecule has 0 saturated carbocycles. The molecule has 2 aromatic carbocycles. The monoisotopic (exact) mass is 356 g/mol. The molecule has 1 aliphatic heterocycles. The maximum atomic E-state index is 11.8. The molecule has 3 amide bonds. The number of hydrogen-bond donors (Lipinski definition) is 2. The van der Waals surface area contributed by atoms with Crippen LogP contribution in [0, 0.1) is 0 Å². The van der Waals surface area contributed by atoms with E-state index in [1.165, 1.54) is 6.92 Å². The van der Waals surface area contributed by atoms with Crippen molar-refractivity contribution < 1.29 is 19.1 Å². The largest absolute Gasteiger partial charge is 0.457 e. The van der Waals surface area contributed by atoms with E-state index in [-0.39, 0.29) is 17.1 Å². The number of thioether (sulfide) groups is 1. The fraction of sp³-hybridized carbons (Fsp3) is 0.167. The highest BCUT2D eigenvalue weighted by Gasteiger charge is 2.32. The first-order chi connectivity index (χ1) is 12.0. The Morgan fingerprint density at radius 3 is 2.52 bits per heavy atom. The third-order valence-electron chi connectivity index (χ3n) is 3.55. The Bertz CT molecular complexity index is 820. The Morgan fingerprint density at radius 2 is 1.88 bits per heavy atom. The maximum absolute atomic E-state index is 11.8. The Hall–Kier alpha value is -2.80. The van der Waals surface area contributed by atoms with Crippen molar-refractivity contribution in [1.82, 2.24) is 5.32 Å². The Balaban J connectivity index is 1.73. The van der Waals surface area contributed by atoms with Crippen molar-refractivity contribution >= 4 is 34.5 Å². The summed E-state index contributed by atoms with van der Waals surface area (Å²) in [5.74, 6) is 0.828. The summed E-state index contributed by atoms with van der Waals surface area (Å²) in [7, 11) is 0. The molecule has 7 heteroatoms. The van der Waals surface area contributed by atoms with Gasteiger partial charge in [-0.3, -0.25) is 19.7 Å². The number of anilines is 1. The molecule has 2 aromatic rings. The number of amides is 3. The van der Waals surface area contributed by atoms with Crippen LogP contribution in [0.1, 0.15) is 12.5 Å². The summed E-state index contributed by atoms with van der Waals surface area (Å²) < 4.78 is 5.90. The summed E-state index contributed by atoms with van der Waals surface area (Å²) in [4.78, 5) is 34.1. The first kappa shape index (κ1) is 17.0. The second-order valence-electron chi connectivity index (χ2n) is 5.50. The minimum Gasteiger partial charge on any atom is -0.457 e. The van der Waals surface area contributed by atoms with Crippen molar-refractivity contribution in [2.24, 2.45) is 0 Å². The number of imide groups is 1. The van der Waals surface area contributed by atoms with E-state index in [9.17, 15) is 14.4 Å². The summed E-state index contributed by atoms with van der Waals surface area (Å²) >= 11 is 0.996. The van der Waals surface area contributed by atoms with Gasteiger partial charge in [-0.05, 0) is 42.3 Å². The van der Waals surface area contributed by atoms with Crippen LogP contribution in [0.15, 0.2) is 48.5 Å². The molecule has 6 nitrogen and oxygen atoms in total. The molecule has 1 heterocycles. The molecule has 128 valence electrons. The molecule has 1 unspecified atom stereocenters. The van der Waals surface area contributed by atoms with Gasteiger partial charge in [-0.1, -0.05) is 30.0 Å². The van der Waals surface area contributed by atoms with Gasteiger partial charge in [0.2, 0.25) is 11.8 Å². The van der Waals surface area contributed by atoms with E-state index < -0.39 is 5.25 Å². The smallest absolute Gasteiger partial charge is 0.286 e. The van der Waals surface area contributed by atoms with E-state index in [4.69, 9.17) is 4.74 Å². The van der Waals surface area contributed by atoms with Gasteiger partial charge in [-0.25, -0.2) is 0 Å². The van der Waals surface area contributed by atoms with Crippen LogP contribution in [-0.4, -0.2) is 22.3 Å². The average molecular weight is 356 g/mol. The molecule has 1 fully saturated rings. The maximum Gasteiger partial charge on any atom is 0.286 e. The summed E-state index contributed by atoms with van der Waals surface area (Å²) in [6.45, 7) is 1.45. The Morgan fingerprint density at radius 1 is 1.16 bits per heavy atom. The zero-order chi connectivity index (χ0) is 17.8. The first-order valence-electron chi connectivity index (χ1n) is 7.66. The van der Waals surface area contributed by atoms with Crippen LogP contribution >= 0.6 is 11.8 Å². The quantitative estimate of drug-likeness (QED) is 0.858. The van der Waals surface area contributed by atoms with Crippen molar-refractivity contribution in [1.29, 1.82) is 0 Å². The summed E-state index contributed by atoms with van der Waals surface area (Å²) in [5, 5.41) is 4.22. The van der Waals surface area contributed by atoms with E-state index in [1.54, 1.807) is 24.3 Å². The van der Waals surface area contributed by atoms with E-state index in [2.05, 4.69) is 10.6 Å². The lowest BCUT2D eigenvalue weighted by molar-refractivity contribution is -0.119. The average Bonchev–Trinajstić information content (AvgIpc) is 2.88. The second-order valence-corrected chi connectivity index (χ2v) is 6.68. The standard InChI is InChI=1S/C18H16N2O4S/c1-11(21)19-13-6-8-14(9-7-13)24-15-5-3-2-4-12(15)10-16-17(22)20-18(23)25-16/h2-9,16H,10H2,1H3,(H,19,21)(H,20,22,23). The minimum atomic E-state index is -0.445. The fourth-order valence-corrected chi connectivity index (χ4v) is 3.28. The lowest BCUT2D eigenvalue weighted by atomic mass is 10.1. The van der Waals surface area contributed by atoms with Crippen LogP contribution < -0.4 is 15.4 Å². The topological polar surface area (TPSA) is 84.5 Å². The van der Waals surface area contributed by atoms with E-state index in [1.807, 2.05) is 24.3 Å². The number of hydrogen-bond acceptors (Lipinski definition) is 5. The van der Waals surface area contributed by atoms with Crippen molar-refractivity contribution in [2.45, 2.75) is 18.6 Å². The number of rotatable bonds is 5. The van der Waals surface area contributed by atoms with Crippen LogP contribution in [0.4, 0.5) is 10.5 Å². The third kappa shape index (κ3) is 4.39. The Kier molecular flexibility index (Phi) is 5.04. The number of benzene rings is 2. The summed E-state index contributed by atoms with van der Waals surface area (Å²) in [5.41, 5.74) is 1.53. The molecule has 25 heavy (non-hydrogen) atoms. The van der Waals surface area contributed by atoms with Gasteiger partial charge in [0, 0.05) is 12.6 Å². The van der Waals surface area contributed by atoms with E-state index in [0.717, 1.165) is 17.3 Å². The van der Waals surface area contributed by atoms with Crippen molar-refractivity contribution in [3.63, 3.8) is 0 Å². The van der Waals surface area contributed by atoms with Crippen molar-refractivity contribution in [3.8, 4) is 11.5 Å². The highest BCUT2D eigenvalue weighted by molar-refractivity contribution is 8.15. The van der Waals surface area contributed by atoms with Gasteiger partial charge in [0.15, 0.2) is 0 Å². The number of nitrogens with one attached hydrogen (secondary N) is 2. The molecule has 3 rings (SSSR count). The number of carbonyl (C=O) groups excluding carboxylic acids is 3. The predicted molar refractivity (Wildman–Crippen MR) is 95.9 cm³/mol. The molecule has 0 radical (unpaired) electrons. The van der Waals surface area contributed by atoms with Gasteiger partial charge in [-0.2, -0.15) is 0 Å².